The lowest BCUT2D eigenvalue weighted by molar-refractivity contribution is -0.116. The number of benzene rings is 2. The molecule has 0 aromatic heterocycles. The Labute approximate surface area is 187 Å². The lowest BCUT2D eigenvalue weighted by Crippen LogP contribution is -2.34. The zero-order chi connectivity index (χ0) is 22.9. The van der Waals surface area contributed by atoms with E-state index in [4.69, 9.17) is 16.3 Å². The Balaban J connectivity index is 1.77. The molecule has 0 saturated carbocycles. The second kappa shape index (κ2) is 11.4. The van der Waals surface area contributed by atoms with Crippen LogP contribution in [0, 0.1) is 0 Å². The van der Waals surface area contributed by atoms with Gasteiger partial charge >= 0.3 is 6.09 Å². The van der Waals surface area contributed by atoms with E-state index in [-0.39, 0.29) is 24.8 Å². The Bertz CT molecular complexity index is 925. The van der Waals surface area contributed by atoms with Crippen LogP contribution in [0.1, 0.15) is 39.2 Å². The van der Waals surface area contributed by atoms with E-state index in [2.05, 4.69) is 16.0 Å². The van der Waals surface area contributed by atoms with Crippen molar-refractivity contribution in [1.82, 2.24) is 5.32 Å². The van der Waals surface area contributed by atoms with E-state index in [1.165, 1.54) is 0 Å². The summed E-state index contributed by atoms with van der Waals surface area (Å²) in [4.78, 5) is 35.9. The number of carbonyl (C=O) groups is 3. The highest BCUT2D eigenvalue weighted by Crippen LogP contribution is 2.17. The Morgan fingerprint density at radius 2 is 1.52 bits per heavy atom. The summed E-state index contributed by atoms with van der Waals surface area (Å²) in [6, 6.07) is 14.3. The molecule has 2 rings (SSSR count). The molecule has 0 radical (unpaired) electrons. The van der Waals surface area contributed by atoms with Gasteiger partial charge in [0.1, 0.15) is 5.60 Å². The molecule has 0 unspecified atom stereocenters. The zero-order valence-corrected chi connectivity index (χ0v) is 18.7. The van der Waals surface area contributed by atoms with Gasteiger partial charge in [0.2, 0.25) is 11.8 Å². The van der Waals surface area contributed by atoms with Crippen LogP contribution in [-0.4, -0.2) is 30.1 Å². The van der Waals surface area contributed by atoms with Crippen molar-refractivity contribution < 1.29 is 19.1 Å². The number of aryl methyl sites for hydroxylation is 1. The summed E-state index contributed by atoms with van der Waals surface area (Å²) >= 11 is 5.96. The van der Waals surface area contributed by atoms with Crippen LogP contribution in [0.3, 0.4) is 0 Å². The third-order valence-electron chi connectivity index (χ3n) is 3.98. The fourth-order valence-electron chi connectivity index (χ4n) is 2.66. The molecule has 3 amide bonds. The normalized spacial score (nSPS) is 10.8. The van der Waals surface area contributed by atoms with E-state index in [1.54, 1.807) is 51.1 Å². The van der Waals surface area contributed by atoms with Crippen molar-refractivity contribution in [1.29, 1.82) is 0 Å². The maximum Gasteiger partial charge on any atom is 0.407 e. The molecular weight excluding hydrogens is 418 g/mol. The molecule has 0 aliphatic heterocycles. The van der Waals surface area contributed by atoms with Crippen LogP contribution in [-0.2, 0) is 20.7 Å². The Morgan fingerprint density at radius 3 is 2.13 bits per heavy atom. The molecule has 0 heterocycles. The maximum absolute atomic E-state index is 12.2. The molecule has 0 aliphatic carbocycles. The van der Waals surface area contributed by atoms with Gasteiger partial charge in [-0.15, -0.1) is 0 Å². The summed E-state index contributed by atoms with van der Waals surface area (Å²) in [5.74, 6) is -0.398. The third-order valence-corrected chi connectivity index (χ3v) is 4.22. The molecule has 31 heavy (non-hydrogen) atoms. The van der Waals surface area contributed by atoms with E-state index in [9.17, 15) is 14.4 Å². The summed E-state index contributed by atoms with van der Waals surface area (Å²) in [6.45, 7) is 5.45. The number of hydrogen-bond acceptors (Lipinski definition) is 4. The summed E-state index contributed by atoms with van der Waals surface area (Å²) in [5.41, 5.74) is 1.53. The zero-order valence-electron chi connectivity index (χ0n) is 18.0. The number of ether oxygens (including phenoxy) is 1. The highest BCUT2D eigenvalue weighted by molar-refractivity contribution is 6.30. The third kappa shape index (κ3) is 10.00. The fourth-order valence-corrected chi connectivity index (χ4v) is 2.88. The number of alkyl carbamates (subject to hydrolysis) is 1. The number of amides is 3. The van der Waals surface area contributed by atoms with Crippen LogP contribution < -0.4 is 16.0 Å². The molecule has 0 atom stereocenters. The second-order valence-corrected chi connectivity index (χ2v) is 8.42. The molecule has 0 bridgehead atoms. The quantitative estimate of drug-likeness (QED) is 0.545. The van der Waals surface area contributed by atoms with Crippen molar-refractivity contribution in [3.05, 3.63) is 59.1 Å². The van der Waals surface area contributed by atoms with Crippen molar-refractivity contribution in [3.63, 3.8) is 0 Å². The van der Waals surface area contributed by atoms with Crippen molar-refractivity contribution in [3.8, 4) is 0 Å². The summed E-state index contributed by atoms with van der Waals surface area (Å²) in [6.07, 6.45) is 0.415. The maximum atomic E-state index is 12.2. The highest BCUT2D eigenvalue weighted by Gasteiger charge is 2.16. The van der Waals surface area contributed by atoms with Crippen molar-refractivity contribution in [2.24, 2.45) is 0 Å². The largest absolute Gasteiger partial charge is 0.444 e. The van der Waals surface area contributed by atoms with Crippen LogP contribution in [0.5, 0.6) is 0 Å². The second-order valence-electron chi connectivity index (χ2n) is 7.99. The van der Waals surface area contributed by atoms with E-state index in [1.807, 2.05) is 18.2 Å². The van der Waals surface area contributed by atoms with Crippen LogP contribution in [0.2, 0.25) is 5.02 Å². The molecule has 0 spiro atoms. The van der Waals surface area contributed by atoms with E-state index in [0.29, 0.717) is 29.2 Å². The Kier molecular flexibility index (Phi) is 8.88. The van der Waals surface area contributed by atoms with Crippen LogP contribution in [0.15, 0.2) is 48.5 Å². The Hall–Kier alpha value is -3.06. The van der Waals surface area contributed by atoms with Crippen LogP contribution in [0.4, 0.5) is 16.2 Å². The van der Waals surface area contributed by atoms with Gasteiger partial charge in [0.05, 0.1) is 0 Å². The number of nitrogens with one attached hydrogen (secondary N) is 3. The van der Waals surface area contributed by atoms with Gasteiger partial charge in [-0.3, -0.25) is 9.59 Å². The van der Waals surface area contributed by atoms with Gasteiger partial charge in [-0.1, -0.05) is 29.8 Å². The molecule has 0 saturated heterocycles. The first-order valence-corrected chi connectivity index (χ1v) is 10.4. The van der Waals surface area contributed by atoms with Gasteiger partial charge in [0.25, 0.3) is 0 Å². The topological polar surface area (TPSA) is 96.5 Å². The lowest BCUT2D eigenvalue weighted by atomic mass is 10.1. The molecular formula is C23H28ClN3O4. The number of halogens is 1. The van der Waals surface area contributed by atoms with Crippen LogP contribution in [0.25, 0.3) is 0 Å². The SMILES string of the molecule is CC(C)(C)OC(=O)NCCC(=O)Nc1cccc(NC(=O)CCc2cccc(Cl)c2)c1. The molecule has 2 aromatic carbocycles. The number of carbonyl (C=O) groups excluding carboxylic acids is 3. The molecule has 0 aliphatic rings. The number of anilines is 2. The smallest absolute Gasteiger partial charge is 0.407 e. The van der Waals surface area contributed by atoms with E-state index in [0.717, 1.165) is 5.56 Å². The molecule has 166 valence electrons. The van der Waals surface area contributed by atoms with Crippen molar-refractivity contribution in [2.75, 3.05) is 17.2 Å². The van der Waals surface area contributed by atoms with E-state index < -0.39 is 11.7 Å². The first kappa shape index (κ1) is 24.2. The lowest BCUT2D eigenvalue weighted by Gasteiger charge is -2.19. The summed E-state index contributed by atoms with van der Waals surface area (Å²) in [5, 5.41) is 8.75. The number of hydrogen-bond donors (Lipinski definition) is 3. The minimum absolute atomic E-state index is 0.0927. The standard InChI is InChI=1S/C23H28ClN3O4/c1-23(2,3)31-22(30)25-13-12-21(29)27-19-9-5-8-18(15-19)26-20(28)11-10-16-6-4-7-17(24)14-16/h4-9,14-15H,10-13H2,1-3H3,(H,25,30)(H,26,28)(H,27,29). The van der Waals surface area contributed by atoms with Crippen LogP contribution >= 0.6 is 11.6 Å². The minimum atomic E-state index is -0.592. The predicted octanol–water partition coefficient (Wildman–Crippen LogP) is 4.76. The van der Waals surface area contributed by atoms with Gasteiger partial charge in [-0.25, -0.2) is 4.79 Å². The molecule has 8 heteroatoms. The summed E-state index contributed by atoms with van der Waals surface area (Å²) < 4.78 is 5.12. The monoisotopic (exact) mass is 445 g/mol. The van der Waals surface area contributed by atoms with Gasteiger partial charge in [0, 0.05) is 35.8 Å². The average molecular weight is 446 g/mol. The molecule has 3 N–H and O–H groups in total. The highest BCUT2D eigenvalue weighted by atomic mass is 35.5. The number of rotatable bonds is 8. The van der Waals surface area contributed by atoms with Gasteiger partial charge in [-0.2, -0.15) is 0 Å². The van der Waals surface area contributed by atoms with Gasteiger partial charge < -0.3 is 20.7 Å². The minimum Gasteiger partial charge on any atom is -0.444 e. The fraction of sp³-hybridized carbons (Fsp3) is 0.348. The summed E-state index contributed by atoms with van der Waals surface area (Å²) in [7, 11) is 0. The average Bonchev–Trinajstić information content (AvgIpc) is 2.65. The first-order chi connectivity index (χ1) is 14.6. The van der Waals surface area contributed by atoms with Crippen molar-refractivity contribution in [2.45, 2.75) is 45.6 Å². The Morgan fingerprint density at radius 1 is 0.903 bits per heavy atom. The first-order valence-electron chi connectivity index (χ1n) is 10.0. The molecule has 2 aromatic rings. The van der Waals surface area contributed by atoms with Crippen molar-refractivity contribution >= 4 is 40.9 Å². The molecule has 0 fully saturated rings. The van der Waals surface area contributed by atoms with Gasteiger partial charge in [0.15, 0.2) is 0 Å². The molecule has 7 nitrogen and oxygen atoms in total. The van der Waals surface area contributed by atoms with E-state index >= 15 is 0 Å². The predicted molar refractivity (Wildman–Crippen MR) is 122 cm³/mol. The van der Waals surface area contributed by atoms with Gasteiger partial charge in [-0.05, 0) is 63.1 Å².